The molecule has 0 fully saturated rings. The van der Waals surface area contributed by atoms with E-state index in [2.05, 4.69) is 102 Å². The molecule has 0 unspecified atom stereocenters. The van der Waals surface area contributed by atoms with Gasteiger partial charge in [0.25, 0.3) is 0 Å². The van der Waals surface area contributed by atoms with E-state index < -0.39 is 23.5 Å². The largest absolute Gasteiger partial charge is 0.307 e. The highest BCUT2D eigenvalue weighted by Crippen LogP contribution is 2.52. The molecule has 11 rings (SSSR count). The summed E-state index contributed by atoms with van der Waals surface area (Å²) < 4.78 is 48.0. The Morgan fingerprint density at radius 1 is 0.491 bits per heavy atom. The average Bonchev–Trinajstić information content (AvgIpc) is 3.86. The van der Waals surface area contributed by atoms with Crippen molar-refractivity contribution in [2.24, 2.45) is 0 Å². The standard InChI is InChI=1S/C48H33N5/c1-48(2)39-25-12-9-20-32(39)35-23-15-24-38(42(35)48)46-49-45(30-16-5-3-6-17-30)50-47(51-46)53-41-27-14-11-22-34(41)37-29-28-36-33-21-10-13-26-40(33)52(43(36)44(37)53)31-18-7-4-8-19-31/h3-29H,1-2H3/i3D,5D,6D,16D,17D. The molecule has 5 heteroatoms. The summed E-state index contributed by atoms with van der Waals surface area (Å²) in [5.41, 5.74) is 9.46. The Hall–Kier alpha value is -6.85. The lowest BCUT2D eigenvalue weighted by atomic mass is 9.80. The number of hydrogen-bond donors (Lipinski definition) is 0. The van der Waals surface area contributed by atoms with Crippen LogP contribution in [0.15, 0.2) is 164 Å². The van der Waals surface area contributed by atoms with Crippen LogP contribution in [0.25, 0.3) is 89.2 Å². The van der Waals surface area contributed by atoms with Crippen LogP contribution < -0.4 is 0 Å². The highest BCUT2D eigenvalue weighted by atomic mass is 15.2. The maximum absolute atomic E-state index is 9.04. The Bertz CT molecular complexity index is 3360. The van der Waals surface area contributed by atoms with Gasteiger partial charge in [-0.3, -0.25) is 4.57 Å². The Kier molecular flexibility index (Phi) is 5.26. The lowest BCUT2D eigenvalue weighted by Gasteiger charge is -2.24. The topological polar surface area (TPSA) is 48.5 Å². The van der Waals surface area contributed by atoms with Crippen LogP contribution in [-0.4, -0.2) is 24.1 Å². The second-order valence-electron chi connectivity index (χ2n) is 14.1. The number of hydrogen-bond acceptors (Lipinski definition) is 3. The van der Waals surface area contributed by atoms with Gasteiger partial charge in [0.15, 0.2) is 11.6 Å². The third-order valence-electron chi connectivity index (χ3n) is 10.9. The number of nitrogens with zero attached hydrogens (tertiary/aromatic N) is 5. The summed E-state index contributed by atoms with van der Waals surface area (Å²) in [6, 6.07) is 43.5. The molecule has 0 aliphatic heterocycles. The molecule has 53 heavy (non-hydrogen) atoms. The molecule has 5 nitrogen and oxygen atoms in total. The van der Waals surface area contributed by atoms with Gasteiger partial charge in [0.05, 0.1) is 28.9 Å². The predicted molar refractivity (Wildman–Crippen MR) is 217 cm³/mol. The van der Waals surface area contributed by atoms with Gasteiger partial charge >= 0.3 is 0 Å². The van der Waals surface area contributed by atoms with Crippen LogP contribution in [0.2, 0.25) is 0 Å². The van der Waals surface area contributed by atoms with Gasteiger partial charge in [0.2, 0.25) is 5.95 Å². The molecule has 1 aliphatic rings. The van der Waals surface area contributed by atoms with Gasteiger partial charge in [-0.1, -0.05) is 153 Å². The van der Waals surface area contributed by atoms with Crippen LogP contribution in [-0.2, 0) is 5.41 Å². The predicted octanol–water partition coefficient (Wildman–Crippen LogP) is 11.7. The molecular formula is C48H33N5. The summed E-state index contributed by atoms with van der Waals surface area (Å²) in [5, 5.41) is 4.13. The van der Waals surface area contributed by atoms with Gasteiger partial charge in [-0.05, 0) is 46.5 Å². The van der Waals surface area contributed by atoms with Gasteiger partial charge in [0, 0.05) is 43.8 Å². The lowest BCUT2D eigenvalue weighted by molar-refractivity contribution is 0.661. The molecule has 0 atom stereocenters. The first-order chi connectivity index (χ1) is 28.1. The molecule has 0 spiro atoms. The highest BCUT2D eigenvalue weighted by Gasteiger charge is 2.38. The first-order valence-corrected chi connectivity index (χ1v) is 17.7. The van der Waals surface area contributed by atoms with Crippen molar-refractivity contribution in [1.82, 2.24) is 24.1 Å². The van der Waals surface area contributed by atoms with Gasteiger partial charge in [0.1, 0.15) is 0 Å². The normalized spacial score (nSPS) is 14.6. The molecule has 0 radical (unpaired) electrons. The molecule has 0 N–H and O–H groups in total. The third kappa shape index (κ3) is 4.22. The second kappa shape index (κ2) is 11.1. The third-order valence-corrected chi connectivity index (χ3v) is 10.9. The molecule has 0 saturated carbocycles. The molecule has 250 valence electrons. The molecule has 3 aromatic heterocycles. The van der Waals surface area contributed by atoms with Crippen molar-refractivity contribution in [2.45, 2.75) is 19.3 Å². The minimum absolute atomic E-state index is 0.00960. The van der Waals surface area contributed by atoms with E-state index in [0.29, 0.717) is 5.82 Å². The molecule has 10 aromatic rings. The number of para-hydroxylation sites is 3. The molecule has 0 bridgehead atoms. The zero-order chi connectivity index (χ0) is 39.6. The smallest absolute Gasteiger partial charge is 0.238 e. The first kappa shape index (κ1) is 25.2. The summed E-state index contributed by atoms with van der Waals surface area (Å²) in [6.45, 7) is 4.40. The van der Waals surface area contributed by atoms with Gasteiger partial charge in [-0.25, -0.2) is 4.98 Å². The number of benzene rings is 7. The Morgan fingerprint density at radius 2 is 1.08 bits per heavy atom. The monoisotopic (exact) mass is 684 g/mol. The van der Waals surface area contributed by atoms with Crippen molar-refractivity contribution in [3.05, 3.63) is 175 Å². The Balaban J connectivity index is 1.31. The Morgan fingerprint density at radius 3 is 1.83 bits per heavy atom. The van der Waals surface area contributed by atoms with Crippen LogP contribution in [0.4, 0.5) is 0 Å². The number of rotatable bonds is 4. The van der Waals surface area contributed by atoms with Gasteiger partial charge in [-0.15, -0.1) is 0 Å². The zero-order valence-corrected chi connectivity index (χ0v) is 28.9. The van der Waals surface area contributed by atoms with Crippen molar-refractivity contribution in [3.63, 3.8) is 0 Å². The first-order valence-electron chi connectivity index (χ1n) is 20.2. The van der Waals surface area contributed by atoms with Crippen molar-refractivity contribution in [2.75, 3.05) is 0 Å². The van der Waals surface area contributed by atoms with Crippen LogP contribution in [0.1, 0.15) is 31.8 Å². The van der Waals surface area contributed by atoms with E-state index in [9.17, 15) is 0 Å². The van der Waals surface area contributed by atoms with Crippen molar-refractivity contribution in [3.8, 4) is 45.5 Å². The molecule has 3 heterocycles. The molecule has 0 amide bonds. The van der Waals surface area contributed by atoms with Gasteiger partial charge < -0.3 is 4.57 Å². The SMILES string of the molecule is [2H]c1c([2H])c([2H])c(-c2nc(-c3cccc4c3C(C)(C)c3ccccc3-4)nc(-n3c4ccccc4c4ccc5c6ccccc6n(-c6ccccc6)c5c43)n2)c([2H])c1[2H]. The molecule has 0 saturated heterocycles. The van der Waals surface area contributed by atoms with Crippen LogP contribution in [0, 0.1) is 0 Å². The number of aromatic nitrogens is 5. The summed E-state index contributed by atoms with van der Waals surface area (Å²) >= 11 is 0. The highest BCUT2D eigenvalue weighted by molar-refractivity contribution is 6.23. The van der Waals surface area contributed by atoms with Crippen LogP contribution in [0.3, 0.4) is 0 Å². The summed E-state index contributed by atoms with van der Waals surface area (Å²) in [5.74, 6) is 0.595. The summed E-state index contributed by atoms with van der Waals surface area (Å²) in [4.78, 5) is 15.5. The van der Waals surface area contributed by atoms with Crippen molar-refractivity contribution in [1.29, 1.82) is 0 Å². The minimum atomic E-state index is -0.479. The van der Waals surface area contributed by atoms with E-state index in [1.165, 1.54) is 5.56 Å². The fourth-order valence-corrected chi connectivity index (χ4v) is 8.65. The quantitative estimate of drug-likeness (QED) is 0.185. The maximum Gasteiger partial charge on any atom is 0.238 e. The van der Waals surface area contributed by atoms with E-state index in [1.807, 2.05) is 54.6 Å². The average molecular weight is 685 g/mol. The number of fused-ring (bicyclic) bond motifs is 10. The minimum Gasteiger partial charge on any atom is -0.307 e. The second-order valence-corrected chi connectivity index (χ2v) is 14.1. The fraction of sp³-hybridized carbons (Fsp3) is 0.0625. The van der Waals surface area contributed by atoms with Crippen molar-refractivity contribution < 1.29 is 6.85 Å². The fourth-order valence-electron chi connectivity index (χ4n) is 8.65. The van der Waals surface area contributed by atoms with Crippen LogP contribution >= 0.6 is 0 Å². The summed E-state index contributed by atoms with van der Waals surface area (Å²) in [7, 11) is 0. The van der Waals surface area contributed by atoms with Gasteiger partial charge in [-0.2, -0.15) is 9.97 Å². The van der Waals surface area contributed by atoms with Crippen molar-refractivity contribution >= 4 is 43.6 Å². The zero-order valence-electron chi connectivity index (χ0n) is 33.9. The van der Waals surface area contributed by atoms with E-state index in [0.717, 1.165) is 71.6 Å². The molecular weight excluding hydrogens is 647 g/mol. The molecule has 1 aliphatic carbocycles. The lowest BCUT2D eigenvalue weighted by Crippen LogP contribution is -2.17. The Labute approximate surface area is 313 Å². The maximum atomic E-state index is 9.04. The molecule has 7 aromatic carbocycles. The van der Waals surface area contributed by atoms with E-state index in [1.54, 1.807) is 0 Å². The summed E-state index contributed by atoms with van der Waals surface area (Å²) in [6.07, 6.45) is 0. The van der Waals surface area contributed by atoms with Crippen LogP contribution in [0.5, 0.6) is 0 Å². The van der Waals surface area contributed by atoms with E-state index >= 15 is 0 Å². The van der Waals surface area contributed by atoms with E-state index in [-0.39, 0.29) is 29.4 Å². The van der Waals surface area contributed by atoms with E-state index in [4.69, 9.17) is 21.8 Å².